The largest absolute Gasteiger partial charge is 0.476 e. The number of pyridine rings is 2. The summed E-state index contributed by atoms with van der Waals surface area (Å²) < 4.78 is 24.1. The first-order valence-electron chi connectivity index (χ1n) is 22.8. The van der Waals surface area contributed by atoms with Gasteiger partial charge in [0.15, 0.2) is 6.79 Å². The molecule has 11 heteroatoms. The molecule has 0 radical (unpaired) electrons. The van der Waals surface area contributed by atoms with Crippen molar-refractivity contribution in [2.75, 3.05) is 51.6 Å². The van der Waals surface area contributed by atoms with Gasteiger partial charge in [-0.3, -0.25) is 9.80 Å². The number of methoxy groups -OCH3 is 1. The molecule has 0 aliphatic carbocycles. The fourth-order valence-electron chi connectivity index (χ4n) is 11.5. The number of anilines is 1. The number of ether oxygens (including phenoxy) is 4. The van der Waals surface area contributed by atoms with E-state index in [9.17, 15) is 4.79 Å². The Morgan fingerprint density at radius 2 is 1.61 bits per heavy atom. The lowest BCUT2D eigenvalue weighted by atomic mass is 9.95. The minimum atomic E-state index is -2.04. The predicted molar refractivity (Wildman–Crippen MR) is 248 cm³/mol. The van der Waals surface area contributed by atoms with Crippen LogP contribution in [0.4, 0.5) is 10.6 Å². The van der Waals surface area contributed by atoms with Crippen molar-refractivity contribution >= 4 is 41.5 Å². The van der Waals surface area contributed by atoms with Crippen LogP contribution in [0.1, 0.15) is 106 Å². The Morgan fingerprint density at radius 3 is 2.25 bits per heavy atom. The number of hydrogen-bond acceptors (Lipinski definition) is 9. The second-order valence-electron chi connectivity index (χ2n) is 20.0. The summed E-state index contributed by atoms with van der Waals surface area (Å²) in [4.78, 5) is 31.0. The smallest absolute Gasteiger partial charge is 0.410 e. The Balaban J connectivity index is 1.28. The van der Waals surface area contributed by atoms with Crippen molar-refractivity contribution in [2.24, 2.45) is 0 Å². The molecule has 4 fully saturated rings. The quantitative estimate of drug-likeness (QED) is 0.0832. The fraction of sp³-hybridized carbons (Fsp3) is 0.580. The van der Waals surface area contributed by atoms with E-state index in [0.717, 1.165) is 70.1 Å². The van der Waals surface area contributed by atoms with Crippen LogP contribution in [0.25, 0.3) is 32.8 Å². The van der Waals surface area contributed by atoms with Gasteiger partial charge in [0, 0.05) is 54.4 Å². The first kappa shape index (κ1) is 43.3. The Kier molecular flexibility index (Phi) is 12.1. The first-order chi connectivity index (χ1) is 29.1. The maximum absolute atomic E-state index is 13.5. The van der Waals surface area contributed by atoms with Gasteiger partial charge in [0.1, 0.15) is 31.8 Å². The summed E-state index contributed by atoms with van der Waals surface area (Å²) in [7, 11) is -0.404. The average molecular weight is 846 g/mol. The molecule has 0 saturated carbocycles. The van der Waals surface area contributed by atoms with Crippen molar-refractivity contribution in [3.05, 3.63) is 54.2 Å². The molecule has 4 aliphatic rings. The summed E-state index contributed by atoms with van der Waals surface area (Å²) in [6.07, 6.45) is 8.34. The molecule has 8 rings (SSSR count). The number of aromatic nitrogens is 2. The fourth-order valence-corrected chi connectivity index (χ4v) is 16.7. The van der Waals surface area contributed by atoms with Gasteiger partial charge in [0.05, 0.1) is 23.3 Å². The zero-order chi connectivity index (χ0) is 43.3. The predicted octanol–water partition coefficient (Wildman–Crippen LogP) is 10.6. The van der Waals surface area contributed by atoms with Crippen molar-refractivity contribution in [2.45, 2.75) is 141 Å². The number of hydrogen-bond donors (Lipinski definition) is 0. The molecule has 0 N–H and O–H groups in total. The second kappa shape index (κ2) is 17.1. The van der Waals surface area contributed by atoms with Crippen LogP contribution in [0.2, 0.25) is 16.6 Å². The zero-order valence-electron chi connectivity index (χ0n) is 38.3. The summed E-state index contributed by atoms with van der Waals surface area (Å²) >= 11 is 0. The molecule has 6 heterocycles. The SMILES string of the molecule is COCOc1cc(-c2cc3cc(OCC45CCCN4CCC5)ncc3c(N3CC4CCC(C3)N4C(=O)OC(C)(C)C)n2)c2c(C#C[Si](C(C)C)(C(C)C)C(C)C)cccc2c1. The van der Waals surface area contributed by atoms with Crippen molar-refractivity contribution in [1.29, 1.82) is 0 Å². The molecular formula is C50H67N5O5Si. The van der Waals surface area contributed by atoms with E-state index in [2.05, 4.69) is 105 Å². The highest BCUT2D eigenvalue weighted by molar-refractivity contribution is 6.90. The Bertz CT molecular complexity index is 2280. The van der Waals surface area contributed by atoms with E-state index in [0.29, 0.717) is 47.9 Å². The molecule has 326 valence electrons. The molecule has 4 aromatic rings. The van der Waals surface area contributed by atoms with E-state index < -0.39 is 13.7 Å². The average Bonchev–Trinajstić information content (AvgIpc) is 3.88. The molecule has 2 aromatic heterocycles. The molecule has 2 atom stereocenters. The molecule has 10 nitrogen and oxygen atoms in total. The van der Waals surface area contributed by atoms with E-state index in [1.807, 2.05) is 31.9 Å². The summed E-state index contributed by atoms with van der Waals surface area (Å²) in [6.45, 7) is 24.3. The zero-order valence-corrected chi connectivity index (χ0v) is 39.3. The van der Waals surface area contributed by atoms with Gasteiger partial charge in [-0.2, -0.15) is 0 Å². The van der Waals surface area contributed by atoms with Gasteiger partial charge in [0.25, 0.3) is 0 Å². The van der Waals surface area contributed by atoms with Gasteiger partial charge < -0.3 is 23.8 Å². The number of benzene rings is 2. The monoisotopic (exact) mass is 845 g/mol. The van der Waals surface area contributed by atoms with E-state index in [1.165, 1.54) is 25.7 Å². The highest BCUT2D eigenvalue weighted by Crippen LogP contribution is 2.44. The number of piperazine rings is 1. The van der Waals surface area contributed by atoms with Crippen LogP contribution >= 0.6 is 0 Å². The van der Waals surface area contributed by atoms with E-state index in [-0.39, 0.29) is 30.5 Å². The third kappa shape index (κ3) is 8.32. The normalized spacial score (nSPS) is 20.2. The molecule has 4 saturated heterocycles. The van der Waals surface area contributed by atoms with Crippen LogP contribution in [0, 0.1) is 11.5 Å². The number of rotatable bonds is 11. The van der Waals surface area contributed by atoms with Gasteiger partial charge in [0.2, 0.25) is 5.88 Å². The van der Waals surface area contributed by atoms with Crippen LogP contribution in [0.15, 0.2) is 48.7 Å². The molecule has 2 bridgehead atoms. The number of amides is 1. The van der Waals surface area contributed by atoms with Gasteiger partial charge >= 0.3 is 6.09 Å². The van der Waals surface area contributed by atoms with Crippen LogP contribution in [0.5, 0.6) is 11.6 Å². The lowest BCUT2D eigenvalue weighted by Gasteiger charge is -2.42. The minimum Gasteiger partial charge on any atom is -0.476 e. The standard InChI is InChI=1S/C50H67N5O5Si/c1-33(2)61(34(3)4,35(5)6)23-18-36-14-11-15-37-24-41(59-32-57-10)27-42(46(36)37)44-25-38-26-45(58-31-50-19-12-21-54(50)22-13-20-50)51-28-43(38)47(52-44)53-29-39-16-17-40(30-53)55(39)48(56)60-49(7,8)9/h11,14-15,24-28,33-35,39-40H,12-13,16-17,19-22,29-32H2,1-10H3. The first-order valence-corrected chi connectivity index (χ1v) is 25.0. The van der Waals surface area contributed by atoms with Gasteiger partial charge in [-0.15, -0.1) is 5.54 Å². The van der Waals surface area contributed by atoms with Crippen molar-refractivity contribution in [3.63, 3.8) is 0 Å². The molecule has 2 aromatic carbocycles. The maximum atomic E-state index is 13.5. The highest BCUT2D eigenvalue weighted by atomic mass is 28.3. The van der Waals surface area contributed by atoms with Gasteiger partial charge in [-0.05, 0) is 124 Å². The highest BCUT2D eigenvalue weighted by Gasteiger charge is 2.46. The second-order valence-corrected chi connectivity index (χ2v) is 25.6. The lowest BCUT2D eigenvalue weighted by Crippen LogP contribution is -2.57. The molecule has 2 unspecified atom stereocenters. The molecule has 0 spiro atoms. The van der Waals surface area contributed by atoms with Crippen molar-refractivity contribution < 1.29 is 23.7 Å². The van der Waals surface area contributed by atoms with E-state index in [1.54, 1.807) is 7.11 Å². The van der Waals surface area contributed by atoms with Crippen LogP contribution in [0.3, 0.4) is 0 Å². The number of nitrogens with zero attached hydrogens (tertiary/aromatic N) is 5. The Labute approximate surface area is 364 Å². The third-order valence-corrected chi connectivity index (χ3v) is 20.5. The topological polar surface area (TPSA) is 89.5 Å². The summed E-state index contributed by atoms with van der Waals surface area (Å²) in [5.74, 6) is 5.99. The summed E-state index contributed by atoms with van der Waals surface area (Å²) in [5, 5.41) is 4.05. The van der Waals surface area contributed by atoms with E-state index >= 15 is 0 Å². The third-order valence-electron chi connectivity index (χ3n) is 14.2. The Hall–Kier alpha value is -4.37. The maximum Gasteiger partial charge on any atom is 0.410 e. The van der Waals surface area contributed by atoms with Gasteiger partial charge in [-0.25, -0.2) is 14.8 Å². The van der Waals surface area contributed by atoms with Crippen molar-refractivity contribution in [1.82, 2.24) is 19.8 Å². The van der Waals surface area contributed by atoms with Crippen LogP contribution in [-0.2, 0) is 9.47 Å². The summed E-state index contributed by atoms with van der Waals surface area (Å²) in [5.41, 5.74) is 7.84. The number of fused-ring (bicyclic) bond motifs is 5. The van der Waals surface area contributed by atoms with Crippen LogP contribution in [-0.4, -0.2) is 104 Å². The number of carbonyl (C=O) groups is 1. The number of carbonyl (C=O) groups excluding carboxylic acids is 1. The Morgan fingerprint density at radius 1 is 0.918 bits per heavy atom. The van der Waals surface area contributed by atoms with Crippen LogP contribution < -0.4 is 14.4 Å². The van der Waals surface area contributed by atoms with Gasteiger partial charge in [-0.1, -0.05) is 59.6 Å². The van der Waals surface area contributed by atoms with E-state index in [4.69, 9.17) is 28.9 Å². The molecule has 4 aliphatic heterocycles. The lowest BCUT2D eigenvalue weighted by molar-refractivity contribution is 0.0123. The molecular weight excluding hydrogens is 779 g/mol. The minimum absolute atomic E-state index is 0.0190. The molecule has 61 heavy (non-hydrogen) atoms. The van der Waals surface area contributed by atoms with Crippen molar-refractivity contribution in [3.8, 4) is 34.4 Å². The summed E-state index contributed by atoms with van der Waals surface area (Å²) in [6, 6.07) is 14.9. The molecule has 1 amide bonds.